The topological polar surface area (TPSA) is 58.6 Å². The zero-order valence-corrected chi connectivity index (χ0v) is 15.1. The molecule has 4 nitrogen and oxygen atoms in total. The summed E-state index contributed by atoms with van der Waals surface area (Å²) in [6, 6.07) is 11.3. The second-order valence-electron chi connectivity index (χ2n) is 5.17. The van der Waals surface area contributed by atoms with E-state index in [0.29, 0.717) is 10.6 Å². The van der Waals surface area contributed by atoms with Crippen LogP contribution in [0, 0.1) is 11.6 Å². The van der Waals surface area contributed by atoms with Crippen molar-refractivity contribution in [2.45, 2.75) is 4.21 Å². The molecule has 0 atom stereocenters. The van der Waals surface area contributed by atoms with Gasteiger partial charge in [-0.2, -0.15) is 0 Å². The molecule has 0 saturated carbocycles. The highest BCUT2D eigenvalue weighted by molar-refractivity contribution is 8.02. The minimum absolute atomic E-state index is 0.0723. The van der Waals surface area contributed by atoms with Gasteiger partial charge in [0.1, 0.15) is 22.9 Å². The van der Waals surface area contributed by atoms with Crippen LogP contribution in [0.1, 0.15) is 10.4 Å². The van der Waals surface area contributed by atoms with Gasteiger partial charge in [-0.05, 0) is 54.4 Å². The molecule has 2 aromatic carbocycles. The molecule has 26 heavy (non-hydrogen) atoms. The third-order valence-corrected chi connectivity index (χ3v) is 5.54. The molecule has 0 fully saturated rings. The summed E-state index contributed by atoms with van der Waals surface area (Å²) in [6.07, 6.45) is 0. The van der Waals surface area contributed by atoms with Crippen molar-refractivity contribution >= 4 is 34.9 Å². The molecule has 0 spiro atoms. The number of rotatable bonds is 5. The summed E-state index contributed by atoms with van der Waals surface area (Å²) in [4.78, 5) is 12.1. The average molecular weight is 393 g/mol. The van der Waals surface area contributed by atoms with E-state index in [-0.39, 0.29) is 16.9 Å². The van der Waals surface area contributed by atoms with Crippen LogP contribution in [0.5, 0.6) is 5.75 Å². The number of hydrogen-bond acceptors (Lipinski definition) is 6. The van der Waals surface area contributed by atoms with E-state index in [1.54, 1.807) is 18.2 Å². The number of esters is 1. The zero-order chi connectivity index (χ0) is 18.7. The predicted molar refractivity (Wildman–Crippen MR) is 98.6 cm³/mol. The maximum absolute atomic E-state index is 13.8. The number of benzene rings is 2. The van der Waals surface area contributed by atoms with Crippen LogP contribution in [0.2, 0.25) is 0 Å². The molecule has 134 valence electrons. The number of carbonyl (C=O) groups is 1. The molecule has 1 aromatic heterocycles. The molecule has 0 aliphatic carbocycles. The van der Waals surface area contributed by atoms with Crippen LogP contribution in [-0.4, -0.2) is 18.2 Å². The quantitative estimate of drug-likeness (QED) is 0.455. The predicted octanol–water partition coefficient (Wildman–Crippen LogP) is 5.30. The van der Waals surface area contributed by atoms with Crippen LogP contribution in [0.3, 0.4) is 0 Å². The fourth-order valence-electron chi connectivity index (χ4n) is 2.19. The van der Waals surface area contributed by atoms with Crippen LogP contribution in [0.25, 0.3) is 10.4 Å². The Morgan fingerprint density at radius 3 is 2.69 bits per heavy atom. The van der Waals surface area contributed by atoms with Crippen LogP contribution in [0.15, 0.2) is 52.7 Å². The molecule has 0 amide bonds. The molecule has 0 aliphatic rings. The van der Waals surface area contributed by atoms with E-state index in [9.17, 15) is 18.7 Å². The van der Waals surface area contributed by atoms with Gasteiger partial charge in [0.25, 0.3) is 0 Å². The van der Waals surface area contributed by atoms with Gasteiger partial charge in [0, 0.05) is 22.2 Å². The maximum Gasteiger partial charge on any atom is 0.341 e. The summed E-state index contributed by atoms with van der Waals surface area (Å²) in [5.41, 5.74) is 0.858. The van der Waals surface area contributed by atoms with Gasteiger partial charge in [0.2, 0.25) is 0 Å². The SMILES string of the molecule is COC(=O)c1ccc(NSc2ccc(-c3cc(F)ccc3F)s2)cc1O. The fourth-order valence-corrected chi connectivity index (χ4v) is 3.99. The van der Waals surface area contributed by atoms with Crippen LogP contribution < -0.4 is 4.72 Å². The van der Waals surface area contributed by atoms with E-state index in [2.05, 4.69) is 9.46 Å². The van der Waals surface area contributed by atoms with E-state index >= 15 is 0 Å². The van der Waals surface area contributed by atoms with E-state index in [0.717, 1.165) is 22.4 Å². The first-order valence-corrected chi connectivity index (χ1v) is 9.00. The number of nitrogens with one attached hydrogen (secondary N) is 1. The second-order valence-corrected chi connectivity index (χ2v) is 7.36. The smallest absolute Gasteiger partial charge is 0.341 e. The van der Waals surface area contributed by atoms with Crippen LogP contribution in [0.4, 0.5) is 14.5 Å². The molecule has 3 aromatic rings. The van der Waals surface area contributed by atoms with Crippen molar-refractivity contribution in [1.29, 1.82) is 0 Å². The van der Waals surface area contributed by atoms with E-state index in [4.69, 9.17) is 0 Å². The van der Waals surface area contributed by atoms with Crippen molar-refractivity contribution in [3.63, 3.8) is 0 Å². The Bertz CT molecular complexity index is 959. The van der Waals surface area contributed by atoms with Gasteiger partial charge >= 0.3 is 5.97 Å². The number of aromatic hydroxyl groups is 1. The third kappa shape index (κ3) is 3.97. The van der Waals surface area contributed by atoms with E-state index in [1.165, 1.54) is 42.5 Å². The first kappa shape index (κ1) is 18.2. The molecule has 2 N–H and O–H groups in total. The number of carbonyl (C=O) groups excluding carboxylic acids is 1. The lowest BCUT2D eigenvalue weighted by Gasteiger charge is -2.07. The Morgan fingerprint density at radius 1 is 1.15 bits per heavy atom. The highest BCUT2D eigenvalue weighted by Gasteiger charge is 2.13. The normalized spacial score (nSPS) is 10.6. The summed E-state index contributed by atoms with van der Waals surface area (Å²) in [7, 11) is 1.24. The van der Waals surface area contributed by atoms with Crippen molar-refractivity contribution in [3.8, 4) is 16.2 Å². The van der Waals surface area contributed by atoms with Crippen LogP contribution in [-0.2, 0) is 4.74 Å². The lowest BCUT2D eigenvalue weighted by atomic mass is 10.2. The fraction of sp³-hybridized carbons (Fsp3) is 0.0556. The van der Waals surface area contributed by atoms with Crippen molar-refractivity contribution in [2.75, 3.05) is 11.8 Å². The lowest BCUT2D eigenvalue weighted by molar-refractivity contribution is 0.0597. The Labute approximate surface area is 156 Å². The van der Waals surface area contributed by atoms with Crippen molar-refractivity contribution in [3.05, 3.63) is 65.7 Å². The van der Waals surface area contributed by atoms with Gasteiger partial charge in [-0.3, -0.25) is 0 Å². The number of phenols is 1. The van der Waals surface area contributed by atoms with Crippen molar-refractivity contribution in [2.24, 2.45) is 0 Å². The largest absolute Gasteiger partial charge is 0.507 e. The Hall–Kier alpha value is -2.58. The Morgan fingerprint density at radius 2 is 1.96 bits per heavy atom. The molecule has 1 heterocycles. The zero-order valence-electron chi connectivity index (χ0n) is 13.5. The molecule has 0 radical (unpaired) electrons. The summed E-state index contributed by atoms with van der Waals surface area (Å²) < 4.78 is 35.6. The first-order valence-electron chi connectivity index (χ1n) is 7.37. The molecule has 0 aliphatic heterocycles. The highest BCUT2D eigenvalue weighted by atomic mass is 32.2. The summed E-state index contributed by atoms with van der Waals surface area (Å²) in [5.74, 6) is -1.80. The van der Waals surface area contributed by atoms with Gasteiger partial charge in [0.15, 0.2) is 0 Å². The number of hydrogen-bond donors (Lipinski definition) is 2. The number of thiophene rings is 1. The minimum atomic E-state index is -0.623. The summed E-state index contributed by atoms with van der Waals surface area (Å²) >= 11 is 2.55. The number of phenolic OH excluding ortho intramolecular Hbond substituents is 1. The molecular formula is C18H13F2NO3S2. The Balaban J connectivity index is 1.71. The maximum atomic E-state index is 13.8. The molecule has 0 bridgehead atoms. The number of ether oxygens (including phenoxy) is 1. The second kappa shape index (κ2) is 7.76. The van der Waals surface area contributed by atoms with Gasteiger partial charge in [0.05, 0.1) is 11.3 Å². The summed E-state index contributed by atoms with van der Waals surface area (Å²) in [6.45, 7) is 0. The standard InChI is InChI=1S/C18H13F2NO3S2/c1-24-18(23)12-4-3-11(9-15(12)22)21-26-17-7-6-16(25-17)13-8-10(19)2-5-14(13)20/h2-9,21-22H,1H3. The number of halogens is 2. The highest BCUT2D eigenvalue weighted by Crippen LogP contribution is 2.36. The average Bonchev–Trinajstić information content (AvgIpc) is 3.10. The van der Waals surface area contributed by atoms with Gasteiger partial charge < -0.3 is 14.6 Å². The number of anilines is 1. The molecule has 0 saturated heterocycles. The van der Waals surface area contributed by atoms with Crippen LogP contribution >= 0.6 is 23.3 Å². The van der Waals surface area contributed by atoms with Gasteiger partial charge in [-0.15, -0.1) is 11.3 Å². The lowest BCUT2D eigenvalue weighted by Crippen LogP contribution is -2.01. The molecule has 8 heteroatoms. The summed E-state index contributed by atoms with van der Waals surface area (Å²) in [5, 5.41) is 9.87. The Kier molecular flexibility index (Phi) is 5.43. The number of methoxy groups -OCH3 is 1. The van der Waals surface area contributed by atoms with Gasteiger partial charge in [-0.25, -0.2) is 13.6 Å². The monoisotopic (exact) mass is 393 g/mol. The van der Waals surface area contributed by atoms with Crippen molar-refractivity contribution < 1.29 is 23.4 Å². The molecule has 3 rings (SSSR count). The third-order valence-electron chi connectivity index (χ3n) is 3.45. The minimum Gasteiger partial charge on any atom is -0.507 e. The van der Waals surface area contributed by atoms with E-state index < -0.39 is 17.6 Å². The van der Waals surface area contributed by atoms with E-state index in [1.807, 2.05) is 0 Å². The molecular weight excluding hydrogens is 380 g/mol. The van der Waals surface area contributed by atoms with Gasteiger partial charge in [-0.1, -0.05) is 0 Å². The van der Waals surface area contributed by atoms with Crippen molar-refractivity contribution in [1.82, 2.24) is 0 Å². The first-order chi connectivity index (χ1) is 12.5. The molecule has 0 unspecified atom stereocenters.